The van der Waals surface area contributed by atoms with Gasteiger partial charge in [-0.2, -0.15) is 5.10 Å². The summed E-state index contributed by atoms with van der Waals surface area (Å²) in [5, 5.41) is 4.57. The average Bonchev–Trinajstić information content (AvgIpc) is 3.78. The Labute approximate surface area is 274 Å². The number of carbonyl (C=O) groups is 2. The van der Waals surface area contributed by atoms with Crippen LogP contribution in [0.4, 0.5) is 0 Å². The summed E-state index contributed by atoms with van der Waals surface area (Å²) in [4.78, 5) is 32.0. The smallest absolute Gasteiger partial charge is 0.274 e. The van der Waals surface area contributed by atoms with Crippen LogP contribution >= 0.6 is 0 Å². The van der Waals surface area contributed by atoms with Crippen LogP contribution in [-0.4, -0.2) is 128 Å². The van der Waals surface area contributed by atoms with E-state index in [1.165, 1.54) is 24.0 Å². The normalized spacial score (nSPS) is 18.4. The van der Waals surface area contributed by atoms with Crippen molar-refractivity contribution in [3.05, 3.63) is 53.3 Å². The minimum absolute atomic E-state index is 0.0279. The third-order valence-corrected chi connectivity index (χ3v) is 9.64. The summed E-state index contributed by atoms with van der Waals surface area (Å²) in [7, 11) is 3.15. The molecule has 254 valence electrons. The molecule has 5 rings (SSSR count). The fourth-order valence-corrected chi connectivity index (χ4v) is 6.48. The van der Waals surface area contributed by atoms with Crippen LogP contribution < -0.4 is 0 Å². The Hall–Kier alpha value is -2.83. The van der Waals surface area contributed by atoms with Crippen molar-refractivity contribution >= 4 is 11.8 Å². The number of rotatable bonds is 17. The first kappa shape index (κ1) is 34.5. The molecule has 1 aromatic carbocycles. The van der Waals surface area contributed by atoms with Gasteiger partial charge in [-0.15, -0.1) is 0 Å². The molecule has 3 aliphatic rings. The maximum atomic E-state index is 13.3. The summed E-state index contributed by atoms with van der Waals surface area (Å²) >= 11 is 0. The second-order valence-electron chi connectivity index (χ2n) is 13.0. The number of nitrogens with zero attached hydrogens (tertiary/aromatic N) is 5. The molecule has 0 atom stereocenters. The maximum Gasteiger partial charge on any atom is 0.274 e. The molecule has 0 bridgehead atoms. The van der Waals surface area contributed by atoms with Crippen molar-refractivity contribution in [1.29, 1.82) is 0 Å². The van der Waals surface area contributed by atoms with Crippen LogP contribution in [0, 0.1) is 5.92 Å². The summed E-state index contributed by atoms with van der Waals surface area (Å²) in [6.07, 6.45) is 8.07. The molecule has 1 spiro atoms. The van der Waals surface area contributed by atoms with Crippen LogP contribution in [0.25, 0.3) is 0 Å². The first-order chi connectivity index (χ1) is 22.4. The standard InChI is InChI=1S/C35H53N5O6/c1-4-38(26-33(43-2)44-3)32(41)13-22-45-21-12-29-7-5-6-28(24-29)10-16-37-18-14-35(15-19-37)27-39(20-23-46-35)34(42)31-11-17-40(36-31)25-30-8-9-30/h5-7,11,17,24,30,33H,4,8-10,12-16,18-23,25-27H2,1-3H3. The fraction of sp³-hybridized carbons (Fsp3) is 0.686. The highest BCUT2D eigenvalue weighted by atomic mass is 16.7. The van der Waals surface area contributed by atoms with Crippen molar-refractivity contribution in [3.8, 4) is 0 Å². The van der Waals surface area contributed by atoms with Crippen molar-refractivity contribution in [3.63, 3.8) is 0 Å². The SMILES string of the molecule is CCN(CC(OC)OC)C(=O)CCOCCc1cccc(CCN2CCC3(CC2)CN(C(=O)c2ccn(CC4CC4)n2)CCO3)c1. The van der Waals surface area contributed by atoms with Crippen LogP contribution in [0.2, 0.25) is 0 Å². The van der Waals surface area contributed by atoms with Gasteiger partial charge in [-0.3, -0.25) is 14.3 Å². The fourth-order valence-electron chi connectivity index (χ4n) is 6.48. The summed E-state index contributed by atoms with van der Waals surface area (Å²) in [6, 6.07) is 10.6. The minimum Gasteiger partial charge on any atom is -0.381 e. The van der Waals surface area contributed by atoms with Crippen LogP contribution in [0.3, 0.4) is 0 Å². The molecule has 46 heavy (non-hydrogen) atoms. The molecule has 0 radical (unpaired) electrons. The lowest BCUT2D eigenvalue weighted by Gasteiger charge is -2.47. The molecule has 2 saturated heterocycles. The third-order valence-electron chi connectivity index (χ3n) is 9.64. The highest BCUT2D eigenvalue weighted by Gasteiger charge is 2.41. The monoisotopic (exact) mass is 639 g/mol. The molecule has 2 aliphatic heterocycles. The number of hydrogen-bond donors (Lipinski definition) is 0. The van der Waals surface area contributed by atoms with Gasteiger partial charge in [0, 0.05) is 59.7 Å². The van der Waals surface area contributed by atoms with Crippen LogP contribution in [0.5, 0.6) is 0 Å². The minimum atomic E-state index is -0.420. The predicted molar refractivity (Wildman–Crippen MR) is 175 cm³/mol. The first-order valence-electron chi connectivity index (χ1n) is 17.1. The molecule has 2 amide bonds. The summed E-state index contributed by atoms with van der Waals surface area (Å²) < 4.78 is 24.5. The zero-order valence-corrected chi connectivity index (χ0v) is 28.0. The van der Waals surface area contributed by atoms with Gasteiger partial charge in [0.25, 0.3) is 5.91 Å². The van der Waals surface area contributed by atoms with E-state index < -0.39 is 6.29 Å². The molecular weight excluding hydrogens is 586 g/mol. The Bertz CT molecular complexity index is 1250. The first-order valence-corrected chi connectivity index (χ1v) is 17.1. The predicted octanol–water partition coefficient (Wildman–Crippen LogP) is 3.26. The lowest BCUT2D eigenvalue weighted by atomic mass is 9.89. The number of aromatic nitrogens is 2. The highest BCUT2D eigenvalue weighted by Crippen LogP contribution is 2.32. The number of carbonyl (C=O) groups excluding carboxylic acids is 2. The average molecular weight is 640 g/mol. The number of benzene rings is 1. The van der Waals surface area contributed by atoms with E-state index in [1.807, 2.05) is 28.8 Å². The largest absolute Gasteiger partial charge is 0.381 e. The van der Waals surface area contributed by atoms with Crippen LogP contribution in [0.15, 0.2) is 36.5 Å². The van der Waals surface area contributed by atoms with Gasteiger partial charge in [-0.05, 0) is 68.6 Å². The van der Waals surface area contributed by atoms with E-state index in [4.69, 9.17) is 18.9 Å². The third kappa shape index (κ3) is 9.84. The lowest BCUT2D eigenvalue weighted by Crippen LogP contribution is -2.58. The van der Waals surface area contributed by atoms with Gasteiger partial charge < -0.3 is 33.6 Å². The van der Waals surface area contributed by atoms with Gasteiger partial charge >= 0.3 is 0 Å². The molecule has 1 aliphatic carbocycles. The molecule has 1 aromatic heterocycles. The van der Waals surface area contributed by atoms with Crippen molar-refractivity contribution < 1.29 is 28.5 Å². The summed E-state index contributed by atoms with van der Waals surface area (Å²) in [6.45, 7) is 9.66. The number of amides is 2. The van der Waals surface area contributed by atoms with E-state index in [-0.39, 0.29) is 17.4 Å². The second kappa shape index (κ2) is 16.8. The van der Waals surface area contributed by atoms with E-state index in [0.717, 1.165) is 57.8 Å². The molecule has 0 unspecified atom stereocenters. The van der Waals surface area contributed by atoms with E-state index >= 15 is 0 Å². The summed E-state index contributed by atoms with van der Waals surface area (Å²) in [5.74, 6) is 0.799. The van der Waals surface area contributed by atoms with Crippen molar-refractivity contribution in [2.75, 3.05) is 79.9 Å². The van der Waals surface area contributed by atoms with Gasteiger partial charge in [-0.25, -0.2) is 0 Å². The Morgan fingerprint density at radius 1 is 1.07 bits per heavy atom. The van der Waals surface area contributed by atoms with E-state index in [1.54, 1.807) is 19.1 Å². The number of ether oxygens (including phenoxy) is 4. The number of morpholine rings is 1. The van der Waals surface area contributed by atoms with Gasteiger partial charge in [-0.1, -0.05) is 24.3 Å². The molecular formula is C35H53N5O6. The molecule has 2 aromatic rings. The number of methoxy groups -OCH3 is 2. The van der Waals surface area contributed by atoms with Crippen LogP contribution in [0.1, 0.15) is 60.6 Å². The van der Waals surface area contributed by atoms with Gasteiger partial charge in [0.2, 0.25) is 5.91 Å². The zero-order chi connectivity index (χ0) is 32.4. The maximum absolute atomic E-state index is 13.3. The van der Waals surface area contributed by atoms with Gasteiger partial charge in [0.05, 0.1) is 44.9 Å². The Morgan fingerprint density at radius 2 is 1.83 bits per heavy atom. The Balaban J connectivity index is 0.992. The van der Waals surface area contributed by atoms with Crippen molar-refractivity contribution in [2.24, 2.45) is 5.92 Å². The quantitative estimate of drug-likeness (QED) is 0.192. The molecule has 11 nitrogen and oxygen atoms in total. The van der Waals surface area contributed by atoms with E-state index in [0.29, 0.717) is 58.1 Å². The zero-order valence-electron chi connectivity index (χ0n) is 28.0. The van der Waals surface area contributed by atoms with Crippen molar-refractivity contribution in [1.82, 2.24) is 24.5 Å². The Kier molecular flexibility index (Phi) is 12.6. The second-order valence-corrected chi connectivity index (χ2v) is 13.0. The van der Waals surface area contributed by atoms with E-state index in [2.05, 4.69) is 34.3 Å². The van der Waals surface area contributed by atoms with Crippen molar-refractivity contribution in [2.45, 2.75) is 70.3 Å². The van der Waals surface area contributed by atoms with E-state index in [9.17, 15) is 9.59 Å². The molecule has 1 saturated carbocycles. The van der Waals surface area contributed by atoms with Gasteiger partial charge in [0.1, 0.15) is 5.69 Å². The number of piperidine rings is 1. The van der Waals surface area contributed by atoms with Crippen LogP contribution in [-0.2, 0) is 43.1 Å². The molecule has 11 heteroatoms. The Morgan fingerprint density at radius 3 is 2.54 bits per heavy atom. The molecule has 3 fully saturated rings. The van der Waals surface area contributed by atoms with Gasteiger partial charge in [0.15, 0.2) is 6.29 Å². The summed E-state index contributed by atoms with van der Waals surface area (Å²) in [5.41, 5.74) is 2.87. The number of likely N-dealkylation sites (N-methyl/N-ethyl adjacent to an activating group) is 1. The molecule has 0 N–H and O–H groups in total. The lowest BCUT2D eigenvalue weighted by molar-refractivity contribution is -0.145. The number of hydrogen-bond acceptors (Lipinski definition) is 8. The topological polar surface area (TPSA) is 98.6 Å². The number of likely N-dealkylation sites (tertiary alicyclic amines) is 1. The molecule has 3 heterocycles. The highest BCUT2D eigenvalue weighted by molar-refractivity contribution is 5.92.